The first-order chi connectivity index (χ1) is 2.41. The molecule has 0 unspecified atom stereocenters. The Morgan fingerprint density at radius 2 is 2.20 bits per heavy atom. The fraction of sp³-hybridized carbons (Fsp3) is 0.400. The standard InChI is InChI=1S/C5H7/c1-3-5-4-2/h3H,1-2H3. The van der Waals surface area contributed by atoms with Crippen LogP contribution in [0.15, 0.2) is 0 Å². The van der Waals surface area contributed by atoms with Crippen molar-refractivity contribution in [3.05, 3.63) is 6.42 Å². The molecule has 0 heterocycles. The molecule has 0 aromatic carbocycles. The van der Waals surface area contributed by atoms with Gasteiger partial charge < -0.3 is 0 Å². The van der Waals surface area contributed by atoms with Crippen molar-refractivity contribution < 1.29 is 0 Å². The zero-order valence-electron chi connectivity index (χ0n) is 3.58. The summed E-state index contributed by atoms with van der Waals surface area (Å²) in [6.07, 6.45) is 1.82. The van der Waals surface area contributed by atoms with E-state index in [4.69, 9.17) is 0 Å². The smallest absolute Gasteiger partial charge is 0.0309 e. The van der Waals surface area contributed by atoms with Crippen LogP contribution in [0.25, 0.3) is 0 Å². The number of rotatable bonds is 0. The Kier molecular flexibility index (Phi) is 3.25. The van der Waals surface area contributed by atoms with Gasteiger partial charge in [0.2, 0.25) is 0 Å². The zero-order chi connectivity index (χ0) is 4.12. The van der Waals surface area contributed by atoms with Crippen molar-refractivity contribution in [2.24, 2.45) is 0 Å². The molecule has 0 heteroatoms. The lowest BCUT2D eigenvalue weighted by atomic mass is 10.5. The maximum absolute atomic E-state index is 2.74. The Morgan fingerprint density at radius 1 is 1.60 bits per heavy atom. The van der Waals surface area contributed by atoms with Gasteiger partial charge in [0.1, 0.15) is 0 Å². The SMILES string of the molecule is CC#C[CH]C. The highest BCUT2D eigenvalue weighted by Crippen LogP contribution is 1.59. The lowest BCUT2D eigenvalue weighted by Crippen LogP contribution is -1.47. The molecule has 0 saturated heterocycles. The van der Waals surface area contributed by atoms with Crippen LogP contribution in [0, 0.1) is 18.3 Å². The molecule has 0 aliphatic carbocycles. The maximum Gasteiger partial charge on any atom is 0.0309 e. The molecular weight excluding hydrogens is 60.1 g/mol. The second-order valence-electron chi connectivity index (χ2n) is 0.683. The first-order valence-corrected chi connectivity index (χ1v) is 1.62. The van der Waals surface area contributed by atoms with Crippen LogP contribution in [-0.4, -0.2) is 0 Å². The van der Waals surface area contributed by atoms with Crippen LogP contribution >= 0.6 is 0 Å². The van der Waals surface area contributed by atoms with Gasteiger partial charge in [-0.05, 0) is 6.92 Å². The van der Waals surface area contributed by atoms with Gasteiger partial charge in [-0.25, -0.2) is 0 Å². The van der Waals surface area contributed by atoms with Crippen LogP contribution in [-0.2, 0) is 0 Å². The number of hydrogen-bond donors (Lipinski definition) is 0. The molecule has 0 aliphatic heterocycles. The fourth-order valence-corrected chi connectivity index (χ4v) is 0.144. The molecule has 0 aromatic rings. The predicted octanol–water partition coefficient (Wildman–Crippen LogP) is 1.23. The molecule has 0 aromatic heterocycles. The molecule has 0 rings (SSSR count). The van der Waals surface area contributed by atoms with Crippen LogP contribution in [0.3, 0.4) is 0 Å². The van der Waals surface area contributed by atoms with Crippen molar-refractivity contribution in [2.75, 3.05) is 0 Å². The van der Waals surface area contributed by atoms with Crippen molar-refractivity contribution in [3.63, 3.8) is 0 Å². The third kappa shape index (κ3) is 3.56. The quantitative estimate of drug-likeness (QED) is 0.374. The highest BCUT2D eigenvalue weighted by atomic mass is 13.5. The largest absolute Gasteiger partial charge is 0.106 e. The normalized spacial score (nSPS) is 5.20. The van der Waals surface area contributed by atoms with Gasteiger partial charge in [0.05, 0.1) is 0 Å². The molecule has 0 fully saturated rings. The van der Waals surface area contributed by atoms with Crippen LogP contribution in [0.5, 0.6) is 0 Å². The van der Waals surface area contributed by atoms with E-state index in [1.165, 1.54) is 0 Å². The van der Waals surface area contributed by atoms with E-state index in [-0.39, 0.29) is 0 Å². The third-order valence-electron chi connectivity index (χ3n) is 0.289. The van der Waals surface area contributed by atoms with E-state index in [2.05, 4.69) is 11.8 Å². The van der Waals surface area contributed by atoms with Gasteiger partial charge in [-0.15, -0.1) is 5.92 Å². The Bertz CT molecular complexity index is 52.2. The molecular formula is C5H7. The summed E-state index contributed by atoms with van der Waals surface area (Å²) in [5, 5.41) is 0. The van der Waals surface area contributed by atoms with E-state index in [0.717, 1.165) is 0 Å². The van der Waals surface area contributed by atoms with Gasteiger partial charge in [-0.1, -0.05) is 12.8 Å². The summed E-state index contributed by atoms with van der Waals surface area (Å²) >= 11 is 0. The highest BCUT2D eigenvalue weighted by molar-refractivity contribution is 5.04. The minimum Gasteiger partial charge on any atom is -0.106 e. The van der Waals surface area contributed by atoms with Crippen molar-refractivity contribution in [2.45, 2.75) is 13.8 Å². The van der Waals surface area contributed by atoms with Crippen LogP contribution in [0.1, 0.15) is 13.8 Å². The maximum atomic E-state index is 2.74. The van der Waals surface area contributed by atoms with E-state index in [0.29, 0.717) is 0 Å². The predicted molar refractivity (Wildman–Crippen MR) is 23.4 cm³/mol. The summed E-state index contributed by atoms with van der Waals surface area (Å²) in [5.74, 6) is 5.45. The summed E-state index contributed by atoms with van der Waals surface area (Å²) in [7, 11) is 0. The van der Waals surface area contributed by atoms with Gasteiger partial charge in [0.15, 0.2) is 0 Å². The van der Waals surface area contributed by atoms with Crippen LogP contribution < -0.4 is 0 Å². The molecule has 1 radical (unpaired) electrons. The van der Waals surface area contributed by atoms with E-state index in [9.17, 15) is 0 Å². The molecule has 0 nitrogen and oxygen atoms in total. The minimum atomic E-state index is 1.82. The second kappa shape index (κ2) is 3.56. The topological polar surface area (TPSA) is 0 Å². The molecule has 5 heavy (non-hydrogen) atoms. The van der Waals surface area contributed by atoms with Gasteiger partial charge in [-0.2, -0.15) is 0 Å². The van der Waals surface area contributed by atoms with Crippen LogP contribution in [0.2, 0.25) is 0 Å². The molecule has 0 saturated carbocycles. The molecule has 0 N–H and O–H groups in total. The van der Waals surface area contributed by atoms with Gasteiger partial charge >= 0.3 is 0 Å². The highest BCUT2D eigenvalue weighted by Gasteiger charge is 1.49. The molecule has 27 valence electrons. The van der Waals surface area contributed by atoms with Crippen molar-refractivity contribution >= 4 is 0 Å². The van der Waals surface area contributed by atoms with E-state index in [1.54, 1.807) is 0 Å². The van der Waals surface area contributed by atoms with Gasteiger partial charge in [0, 0.05) is 6.42 Å². The van der Waals surface area contributed by atoms with Crippen molar-refractivity contribution in [1.82, 2.24) is 0 Å². The Morgan fingerprint density at radius 3 is 2.20 bits per heavy atom. The third-order valence-corrected chi connectivity index (χ3v) is 0.289. The van der Waals surface area contributed by atoms with Crippen molar-refractivity contribution in [3.8, 4) is 11.8 Å². The molecule has 0 bridgehead atoms. The minimum absolute atomic E-state index is 1.82. The fourth-order valence-electron chi connectivity index (χ4n) is 0.144. The molecule has 0 amide bonds. The first-order valence-electron chi connectivity index (χ1n) is 1.62. The second-order valence-corrected chi connectivity index (χ2v) is 0.683. The van der Waals surface area contributed by atoms with Gasteiger partial charge in [0.25, 0.3) is 0 Å². The lowest BCUT2D eigenvalue weighted by molar-refractivity contribution is 1.61. The molecule has 0 spiro atoms. The Hall–Kier alpha value is -0.440. The number of hydrogen-bond acceptors (Lipinski definition) is 0. The average molecular weight is 67.1 g/mol. The summed E-state index contributed by atoms with van der Waals surface area (Å²) in [6.45, 7) is 3.73. The average Bonchev–Trinajstić information content (AvgIpc) is 1.41. The zero-order valence-corrected chi connectivity index (χ0v) is 3.58. The first kappa shape index (κ1) is 4.56. The summed E-state index contributed by atoms with van der Waals surface area (Å²) < 4.78 is 0. The Labute approximate surface area is 33.2 Å². The van der Waals surface area contributed by atoms with E-state index in [1.807, 2.05) is 20.3 Å². The molecule has 0 aliphatic rings. The van der Waals surface area contributed by atoms with Gasteiger partial charge in [-0.3, -0.25) is 0 Å². The summed E-state index contributed by atoms with van der Waals surface area (Å²) in [5.41, 5.74) is 0. The monoisotopic (exact) mass is 67.1 g/mol. The Balaban J connectivity index is 2.81. The van der Waals surface area contributed by atoms with E-state index >= 15 is 0 Å². The summed E-state index contributed by atoms with van der Waals surface area (Å²) in [6, 6.07) is 0. The van der Waals surface area contributed by atoms with Crippen molar-refractivity contribution in [1.29, 1.82) is 0 Å². The summed E-state index contributed by atoms with van der Waals surface area (Å²) in [4.78, 5) is 0. The lowest BCUT2D eigenvalue weighted by Gasteiger charge is -1.57. The van der Waals surface area contributed by atoms with Crippen LogP contribution in [0.4, 0.5) is 0 Å². The van der Waals surface area contributed by atoms with E-state index < -0.39 is 0 Å². The molecule has 0 atom stereocenters.